The maximum Gasteiger partial charge on any atom is 0.0963 e. The Morgan fingerprint density at radius 1 is 0.360 bits per heavy atom. The van der Waals surface area contributed by atoms with E-state index in [2.05, 4.69) is 137 Å². The number of hydrogen-bond donors (Lipinski definition) is 0. The van der Waals surface area contributed by atoms with E-state index in [1.165, 1.54) is 27.4 Å². The molecule has 0 saturated carbocycles. The number of aromatic nitrogens is 5. The first kappa shape index (κ1) is 28.2. The Morgan fingerprint density at radius 2 is 1.02 bits per heavy atom. The summed E-state index contributed by atoms with van der Waals surface area (Å²) in [6, 6.07) is 55.6. The highest BCUT2D eigenvalue weighted by molar-refractivity contribution is 6.17. The lowest BCUT2D eigenvalue weighted by molar-refractivity contribution is 1.17. The van der Waals surface area contributed by atoms with Crippen molar-refractivity contribution < 1.29 is 0 Å². The Bertz CT molecular complexity index is 2800. The molecule has 10 rings (SSSR count). The van der Waals surface area contributed by atoms with Crippen molar-refractivity contribution in [2.45, 2.75) is 0 Å². The maximum atomic E-state index is 4.90. The van der Waals surface area contributed by atoms with Crippen molar-refractivity contribution in [3.05, 3.63) is 176 Å². The highest BCUT2D eigenvalue weighted by Crippen LogP contribution is 2.41. The van der Waals surface area contributed by atoms with E-state index in [1.807, 2.05) is 48.9 Å². The van der Waals surface area contributed by atoms with Gasteiger partial charge in [0.1, 0.15) is 0 Å². The van der Waals surface area contributed by atoms with Crippen LogP contribution in [0.4, 0.5) is 0 Å². The SMILES string of the molecule is c1ccc(-n2c3ccccc3c3c(-c4ccc5c6ncccc6n(-c6cc(-c7ccccn7)cc(-c7ccccn7)c6)c5c4)cccc32)cc1. The van der Waals surface area contributed by atoms with Crippen LogP contribution in [0.3, 0.4) is 0 Å². The van der Waals surface area contributed by atoms with E-state index in [1.54, 1.807) is 0 Å². The molecule has 5 heteroatoms. The average Bonchev–Trinajstić information content (AvgIpc) is 3.71. The van der Waals surface area contributed by atoms with Crippen molar-refractivity contribution >= 4 is 43.7 Å². The number of nitrogens with zero attached hydrogens (tertiary/aromatic N) is 5. The smallest absolute Gasteiger partial charge is 0.0963 e. The zero-order valence-corrected chi connectivity index (χ0v) is 27.0. The van der Waals surface area contributed by atoms with Gasteiger partial charge < -0.3 is 9.13 Å². The minimum absolute atomic E-state index is 0.910. The Labute approximate surface area is 288 Å². The molecule has 0 amide bonds. The average molecular weight is 640 g/mol. The summed E-state index contributed by atoms with van der Waals surface area (Å²) in [4.78, 5) is 14.3. The van der Waals surface area contributed by atoms with Crippen LogP contribution in [0.1, 0.15) is 0 Å². The van der Waals surface area contributed by atoms with Crippen LogP contribution < -0.4 is 0 Å². The van der Waals surface area contributed by atoms with Gasteiger partial charge in [-0.25, -0.2) is 0 Å². The molecule has 0 unspecified atom stereocenters. The summed E-state index contributed by atoms with van der Waals surface area (Å²) in [5.74, 6) is 0. The molecule has 5 heterocycles. The summed E-state index contributed by atoms with van der Waals surface area (Å²) >= 11 is 0. The number of hydrogen-bond acceptors (Lipinski definition) is 3. The minimum atomic E-state index is 0.910. The molecule has 0 fully saturated rings. The van der Waals surface area contributed by atoms with E-state index in [4.69, 9.17) is 15.0 Å². The molecular weight excluding hydrogens is 611 g/mol. The van der Waals surface area contributed by atoms with E-state index in [-0.39, 0.29) is 0 Å². The molecule has 10 aromatic rings. The van der Waals surface area contributed by atoms with Gasteiger partial charge in [-0.05, 0) is 102 Å². The third-order valence-electron chi connectivity index (χ3n) is 9.64. The molecule has 0 aliphatic carbocycles. The van der Waals surface area contributed by atoms with Crippen molar-refractivity contribution in [2.24, 2.45) is 0 Å². The summed E-state index contributed by atoms with van der Waals surface area (Å²) in [6.45, 7) is 0. The Balaban J connectivity index is 1.25. The van der Waals surface area contributed by atoms with Gasteiger partial charge in [0.05, 0.1) is 39.0 Å². The van der Waals surface area contributed by atoms with Crippen molar-refractivity contribution in [1.82, 2.24) is 24.1 Å². The summed E-state index contributed by atoms with van der Waals surface area (Å²) in [5, 5.41) is 3.57. The summed E-state index contributed by atoms with van der Waals surface area (Å²) < 4.78 is 4.71. The van der Waals surface area contributed by atoms with Crippen LogP contribution in [0, 0.1) is 0 Å². The quantitative estimate of drug-likeness (QED) is 0.188. The second kappa shape index (κ2) is 11.4. The number of benzene rings is 5. The normalized spacial score (nSPS) is 11.6. The van der Waals surface area contributed by atoms with Gasteiger partial charge in [0.25, 0.3) is 0 Å². The molecule has 0 aliphatic rings. The topological polar surface area (TPSA) is 48.5 Å². The summed E-state index contributed by atoms with van der Waals surface area (Å²) in [6.07, 6.45) is 5.56. The first-order valence-corrected chi connectivity index (χ1v) is 16.8. The monoisotopic (exact) mass is 639 g/mol. The van der Waals surface area contributed by atoms with Crippen LogP contribution in [0.25, 0.3) is 88.8 Å². The van der Waals surface area contributed by atoms with E-state index < -0.39 is 0 Å². The van der Waals surface area contributed by atoms with Crippen LogP contribution >= 0.6 is 0 Å². The van der Waals surface area contributed by atoms with Crippen molar-refractivity contribution in [1.29, 1.82) is 0 Å². The highest BCUT2D eigenvalue weighted by Gasteiger charge is 2.19. The van der Waals surface area contributed by atoms with Gasteiger partial charge in [-0.3, -0.25) is 15.0 Å². The molecule has 0 saturated heterocycles. The van der Waals surface area contributed by atoms with E-state index in [9.17, 15) is 0 Å². The predicted molar refractivity (Wildman–Crippen MR) is 205 cm³/mol. The zero-order valence-electron chi connectivity index (χ0n) is 27.0. The largest absolute Gasteiger partial charge is 0.309 e. The van der Waals surface area contributed by atoms with Gasteiger partial charge in [0.2, 0.25) is 0 Å². The molecule has 0 aliphatic heterocycles. The van der Waals surface area contributed by atoms with Gasteiger partial charge in [0, 0.05) is 57.3 Å². The fourth-order valence-electron chi connectivity index (χ4n) is 7.50. The zero-order chi connectivity index (χ0) is 33.0. The van der Waals surface area contributed by atoms with Crippen LogP contribution in [-0.2, 0) is 0 Å². The lowest BCUT2D eigenvalue weighted by atomic mass is 9.98. The van der Waals surface area contributed by atoms with E-state index in [0.29, 0.717) is 0 Å². The van der Waals surface area contributed by atoms with Gasteiger partial charge >= 0.3 is 0 Å². The Morgan fingerprint density at radius 3 is 1.78 bits per heavy atom. The fourth-order valence-corrected chi connectivity index (χ4v) is 7.50. The van der Waals surface area contributed by atoms with Crippen LogP contribution in [0.2, 0.25) is 0 Å². The second-order valence-electron chi connectivity index (χ2n) is 12.5. The van der Waals surface area contributed by atoms with Gasteiger partial charge in [0.15, 0.2) is 0 Å². The Hall–Kier alpha value is -6.85. The Kier molecular flexibility index (Phi) is 6.42. The van der Waals surface area contributed by atoms with Gasteiger partial charge in [-0.15, -0.1) is 0 Å². The lowest BCUT2D eigenvalue weighted by Gasteiger charge is -2.14. The third kappa shape index (κ3) is 4.45. The van der Waals surface area contributed by atoms with Crippen molar-refractivity contribution in [3.63, 3.8) is 0 Å². The van der Waals surface area contributed by atoms with Crippen LogP contribution in [0.5, 0.6) is 0 Å². The molecule has 5 nitrogen and oxygen atoms in total. The molecule has 5 aromatic heterocycles. The maximum absolute atomic E-state index is 4.90. The molecule has 0 radical (unpaired) electrons. The lowest BCUT2D eigenvalue weighted by Crippen LogP contribution is -1.97. The molecule has 50 heavy (non-hydrogen) atoms. The standard InChI is InChI=1S/C45H29N5/c1-2-12-33(13-3-1)49-40-18-5-4-14-36(40)44-35(15-10-19-41(44)49)30-21-22-37-43(29-30)50(42-20-11-25-48-45(37)42)34-27-31(38-16-6-8-23-46-38)26-32(28-34)39-17-7-9-24-47-39/h1-29H. The summed E-state index contributed by atoms with van der Waals surface area (Å²) in [7, 11) is 0. The third-order valence-corrected chi connectivity index (χ3v) is 9.64. The first-order chi connectivity index (χ1) is 24.8. The molecule has 0 N–H and O–H groups in total. The van der Waals surface area contributed by atoms with Crippen molar-refractivity contribution in [2.75, 3.05) is 0 Å². The summed E-state index contributed by atoms with van der Waals surface area (Å²) in [5.41, 5.74) is 13.9. The number of rotatable bonds is 5. The highest BCUT2D eigenvalue weighted by atomic mass is 15.0. The molecule has 5 aromatic carbocycles. The predicted octanol–water partition coefficient (Wildman–Crippen LogP) is 11.1. The fraction of sp³-hybridized carbons (Fsp3) is 0. The van der Waals surface area contributed by atoms with Gasteiger partial charge in [-0.2, -0.15) is 0 Å². The van der Waals surface area contributed by atoms with E-state index >= 15 is 0 Å². The van der Waals surface area contributed by atoms with Crippen LogP contribution in [0.15, 0.2) is 176 Å². The second-order valence-corrected chi connectivity index (χ2v) is 12.5. The number of fused-ring (bicyclic) bond motifs is 6. The van der Waals surface area contributed by atoms with Gasteiger partial charge in [-0.1, -0.05) is 66.7 Å². The van der Waals surface area contributed by atoms with Crippen LogP contribution in [-0.4, -0.2) is 24.1 Å². The molecule has 0 spiro atoms. The number of para-hydroxylation sites is 2. The molecule has 0 bridgehead atoms. The molecular formula is C45H29N5. The molecule has 0 atom stereocenters. The van der Waals surface area contributed by atoms with Crippen molar-refractivity contribution in [3.8, 4) is 45.0 Å². The minimum Gasteiger partial charge on any atom is -0.309 e. The van der Waals surface area contributed by atoms with E-state index in [0.717, 1.165) is 61.4 Å². The molecule has 234 valence electrons. The number of pyridine rings is 3. The first-order valence-electron chi connectivity index (χ1n) is 16.8.